The van der Waals surface area contributed by atoms with E-state index < -0.39 is 30.5 Å². The summed E-state index contributed by atoms with van der Waals surface area (Å²) in [5.74, 6) is -2.09. The van der Waals surface area contributed by atoms with Crippen LogP contribution >= 0.6 is 11.3 Å². The van der Waals surface area contributed by atoms with Crippen molar-refractivity contribution in [2.45, 2.75) is 6.04 Å². The number of carbonyl (C=O) groups is 3. The van der Waals surface area contributed by atoms with Crippen LogP contribution < -0.4 is 5.32 Å². The Morgan fingerprint density at radius 3 is 2.17 bits per heavy atom. The van der Waals surface area contributed by atoms with Gasteiger partial charge in [-0.2, -0.15) is 0 Å². The van der Waals surface area contributed by atoms with Crippen LogP contribution in [0.4, 0.5) is 4.39 Å². The Bertz CT molecular complexity index is 1020. The van der Waals surface area contributed by atoms with E-state index >= 15 is 0 Å². The first-order valence-corrected chi connectivity index (χ1v) is 9.79. The average Bonchev–Trinajstić information content (AvgIpc) is 3.30. The van der Waals surface area contributed by atoms with E-state index in [1.807, 2.05) is 17.5 Å². The lowest BCUT2D eigenvalue weighted by Crippen LogP contribution is -2.32. The zero-order valence-electron chi connectivity index (χ0n) is 16.0. The Labute approximate surface area is 176 Å². The molecule has 0 fully saturated rings. The maximum atomic E-state index is 13.2. The molecule has 1 aromatic heterocycles. The minimum Gasteiger partial charge on any atom is -0.465 e. The minimum absolute atomic E-state index is 0.198. The molecule has 8 heteroatoms. The van der Waals surface area contributed by atoms with Crippen LogP contribution in [0.1, 0.15) is 37.2 Å². The van der Waals surface area contributed by atoms with Gasteiger partial charge in [-0.3, -0.25) is 4.79 Å². The first-order valence-electron chi connectivity index (χ1n) is 8.91. The third-order valence-corrected chi connectivity index (χ3v) is 5.15. The van der Waals surface area contributed by atoms with Gasteiger partial charge in [0.2, 0.25) is 0 Å². The lowest BCUT2D eigenvalue weighted by atomic mass is 10.1. The third-order valence-electron chi connectivity index (χ3n) is 4.21. The number of methoxy groups -OCH3 is 1. The molecule has 30 heavy (non-hydrogen) atoms. The second kappa shape index (κ2) is 9.80. The molecule has 0 radical (unpaired) electrons. The lowest BCUT2D eigenvalue weighted by Gasteiger charge is -2.18. The van der Waals surface area contributed by atoms with Gasteiger partial charge >= 0.3 is 11.9 Å². The van der Waals surface area contributed by atoms with Gasteiger partial charge in [-0.05, 0) is 53.4 Å². The van der Waals surface area contributed by atoms with Crippen LogP contribution in [0.5, 0.6) is 0 Å². The molecule has 0 saturated heterocycles. The zero-order valence-corrected chi connectivity index (χ0v) is 16.8. The van der Waals surface area contributed by atoms with Crippen LogP contribution in [0.15, 0.2) is 66.0 Å². The number of halogens is 1. The highest BCUT2D eigenvalue weighted by Crippen LogP contribution is 2.26. The number of thiophene rings is 1. The maximum absolute atomic E-state index is 13.2. The van der Waals surface area contributed by atoms with Crippen LogP contribution in [0.2, 0.25) is 0 Å². The fourth-order valence-corrected chi connectivity index (χ4v) is 3.51. The molecule has 6 nitrogen and oxygen atoms in total. The summed E-state index contributed by atoms with van der Waals surface area (Å²) in [5.41, 5.74) is 1.20. The Morgan fingerprint density at radius 2 is 1.60 bits per heavy atom. The monoisotopic (exact) mass is 427 g/mol. The van der Waals surface area contributed by atoms with Crippen molar-refractivity contribution < 1.29 is 28.2 Å². The summed E-state index contributed by atoms with van der Waals surface area (Å²) in [6, 6.07) is 14.7. The number of esters is 2. The fourth-order valence-electron chi connectivity index (χ4n) is 2.71. The minimum atomic E-state index is -0.698. The highest BCUT2D eigenvalue weighted by atomic mass is 32.1. The first kappa shape index (κ1) is 21.2. The molecule has 3 aromatic rings. The standard InChI is InChI=1S/C22H18FNO5S/c1-28-21(26)15-4-6-16(7-5-15)22(27)29-13-19(25)24-20(18-3-2-12-30-18)14-8-10-17(23)11-9-14/h2-12,20H,13H2,1H3,(H,24,25). The van der Waals surface area contributed by atoms with Gasteiger partial charge < -0.3 is 14.8 Å². The number of hydrogen-bond donors (Lipinski definition) is 1. The van der Waals surface area contributed by atoms with Crippen molar-refractivity contribution in [3.63, 3.8) is 0 Å². The topological polar surface area (TPSA) is 81.7 Å². The molecule has 1 amide bonds. The number of ether oxygens (including phenoxy) is 2. The largest absolute Gasteiger partial charge is 0.465 e. The van der Waals surface area contributed by atoms with Crippen molar-refractivity contribution in [1.29, 1.82) is 0 Å². The molecule has 1 heterocycles. The summed E-state index contributed by atoms with van der Waals surface area (Å²) >= 11 is 1.44. The van der Waals surface area contributed by atoms with Crippen molar-refractivity contribution in [2.24, 2.45) is 0 Å². The summed E-state index contributed by atoms with van der Waals surface area (Å²) < 4.78 is 22.9. The Morgan fingerprint density at radius 1 is 0.967 bits per heavy atom. The third kappa shape index (κ3) is 5.30. The van der Waals surface area contributed by atoms with E-state index in [2.05, 4.69) is 10.1 Å². The SMILES string of the molecule is COC(=O)c1ccc(C(=O)OCC(=O)NC(c2ccc(F)cc2)c2cccs2)cc1. The van der Waals surface area contributed by atoms with Gasteiger partial charge in [0.25, 0.3) is 5.91 Å². The predicted octanol–water partition coefficient (Wildman–Crippen LogP) is 3.74. The van der Waals surface area contributed by atoms with Crippen LogP contribution in [-0.4, -0.2) is 31.6 Å². The molecule has 0 aliphatic carbocycles. The normalized spacial score (nSPS) is 11.4. The molecule has 3 rings (SSSR count). The van der Waals surface area contributed by atoms with E-state index in [-0.39, 0.29) is 11.4 Å². The van der Waals surface area contributed by atoms with E-state index in [4.69, 9.17) is 4.74 Å². The number of rotatable bonds is 7. The van der Waals surface area contributed by atoms with Gasteiger partial charge in [0, 0.05) is 4.88 Å². The van der Waals surface area contributed by atoms with E-state index in [0.29, 0.717) is 11.1 Å². The average molecular weight is 427 g/mol. The Hall–Kier alpha value is -3.52. The van der Waals surface area contributed by atoms with Gasteiger partial charge in [0.05, 0.1) is 24.3 Å². The molecule has 0 spiro atoms. The predicted molar refractivity (Wildman–Crippen MR) is 109 cm³/mol. The number of amides is 1. The second-order valence-corrected chi connectivity index (χ2v) is 7.19. The van der Waals surface area contributed by atoms with Gasteiger partial charge in [0.1, 0.15) is 5.82 Å². The lowest BCUT2D eigenvalue weighted by molar-refractivity contribution is -0.124. The van der Waals surface area contributed by atoms with Gasteiger partial charge in [-0.25, -0.2) is 14.0 Å². The second-order valence-electron chi connectivity index (χ2n) is 6.21. The number of nitrogens with one attached hydrogen (secondary N) is 1. The molecule has 154 valence electrons. The van der Waals surface area contributed by atoms with Gasteiger partial charge in [-0.1, -0.05) is 18.2 Å². The highest BCUT2D eigenvalue weighted by molar-refractivity contribution is 7.10. The smallest absolute Gasteiger partial charge is 0.338 e. The fraction of sp³-hybridized carbons (Fsp3) is 0.136. The maximum Gasteiger partial charge on any atom is 0.338 e. The quantitative estimate of drug-likeness (QED) is 0.581. The number of hydrogen-bond acceptors (Lipinski definition) is 6. The summed E-state index contributed by atoms with van der Waals surface area (Å²) in [6.45, 7) is -0.485. The molecule has 1 unspecified atom stereocenters. The summed E-state index contributed by atoms with van der Waals surface area (Å²) in [7, 11) is 1.26. The van der Waals surface area contributed by atoms with Crippen LogP contribution in [0.25, 0.3) is 0 Å². The first-order chi connectivity index (χ1) is 14.5. The van der Waals surface area contributed by atoms with Gasteiger partial charge in [0.15, 0.2) is 6.61 Å². The summed E-state index contributed by atoms with van der Waals surface area (Å²) in [4.78, 5) is 36.8. The Balaban J connectivity index is 1.62. The van der Waals surface area contributed by atoms with Crippen LogP contribution in [0.3, 0.4) is 0 Å². The van der Waals surface area contributed by atoms with Gasteiger partial charge in [-0.15, -0.1) is 11.3 Å². The van der Waals surface area contributed by atoms with Crippen molar-refractivity contribution >= 4 is 29.2 Å². The van der Waals surface area contributed by atoms with Crippen molar-refractivity contribution in [1.82, 2.24) is 5.32 Å². The molecule has 0 bridgehead atoms. The van der Waals surface area contributed by atoms with E-state index in [0.717, 1.165) is 4.88 Å². The van der Waals surface area contributed by atoms with Crippen molar-refractivity contribution in [3.8, 4) is 0 Å². The molecule has 0 aliphatic heterocycles. The van der Waals surface area contributed by atoms with Crippen LogP contribution in [-0.2, 0) is 14.3 Å². The number of carbonyl (C=O) groups excluding carboxylic acids is 3. The molecular weight excluding hydrogens is 409 g/mol. The van der Waals surface area contributed by atoms with E-state index in [1.165, 1.54) is 54.8 Å². The van der Waals surface area contributed by atoms with Crippen LogP contribution in [0, 0.1) is 5.82 Å². The van der Waals surface area contributed by atoms with Crippen molar-refractivity contribution in [2.75, 3.05) is 13.7 Å². The van der Waals surface area contributed by atoms with E-state index in [9.17, 15) is 18.8 Å². The molecular formula is C22H18FNO5S. The molecule has 2 aromatic carbocycles. The number of benzene rings is 2. The summed E-state index contributed by atoms with van der Waals surface area (Å²) in [5, 5.41) is 4.68. The van der Waals surface area contributed by atoms with Crippen molar-refractivity contribution in [3.05, 3.63) is 93.4 Å². The molecule has 1 atom stereocenters. The van der Waals surface area contributed by atoms with E-state index in [1.54, 1.807) is 12.1 Å². The summed E-state index contributed by atoms with van der Waals surface area (Å²) in [6.07, 6.45) is 0. The Kier molecular flexibility index (Phi) is 6.92. The molecule has 0 saturated carbocycles. The molecule has 1 N–H and O–H groups in total. The molecule has 0 aliphatic rings. The zero-order chi connectivity index (χ0) is 21.5. The highest BCUT2D eigenvalue weighted by Gasteiger charge is 2.19.